The molecule has 0 aromatic carbocycles. The van der Waals surface area contributed by atoms with Crippen molar-refractivity contribution >= 4 is 18.3 Å². The quantitative estimate of drug-likeness (QED) is 0.258. The zero-order valence-electron chi connectivity index (χ0n) is 22.0. The smallest absolute Gasteiger partial charge is 0.543 e. The van der Waals surface area contributed by atoms with Gasteiger partial charge in [0.05, 0.1) is 46.7 Å². The van der Waals surface area contributed by atoms with Crippen molar-refractivity contribution in [3.8, 4) is 22.8 Å². The van der Waals surface area contributed by atoms with Crippen LogP contribution in [0.2, 0.25) is 0 Å². The van der Waals surface area contributed by atoms with E-state index in [9.17, 15) is 24.6 Å². The summed E-state index contributed by atoms with van der Waals surface area (Å²) in [5.41, 5.74) is 2.43. The van der Waals surface area contributed by atoms with Crippen molar-refractivity contribution in [3.63, 3.8) is 0 Å². The van der Waals surface area contributed by atoms with Crippen molar-refractivity contribution < 1.29 is 44.4 Å². The van der Waals surface area contributed by atoms with Gasteiger partial charge in [0.25, 0.3) is 0 Å². The number of nitrogens with one attached hydrogen (secondary N) is 1. The third-order valence-electron chi connectivity index (χ3n) is 4.43. The van der Waals surface area contributed by atoms with Gasteiger partial charge in [0.2, 0.25) is 6.41 Å². The van der Waals surface area contributed by atoms with E-state index in [-0.39, 0.29) is 19.8 Å². The summed E-state index contributed by atoms with van der Waals surface area (Å²) in [6.07, 6.45) is 8.76. The van der Waals surface area contributed by atoms with Crippen LogP contribution in [0.15, 0.2) is 104 Å². The van der Waals surface area contributed by atoms with E-state index in [4.69, 9.17) is 0 Å². The summed E-state index contributed by atoms with van der Waals surface area (Å²) in [5.74, 6) is -3.27. The van der Waals surface area contributed by atoms with Crippen LogP contribution in [0.4, 0.5) is 0 Å². The van der Waals surface area contributed by atoms with E-state index in [0.29, 0.717) is 0 Å². The number of imidazole rings is 1. The maximum absolute atomic E-state index is 10.1. The Bertz CT molecular complexity index is 1260. The molecular weight excluding hydrogens is 705 g/mol. The molecule has 5 aromatic heterocycles. The Kier molecular flexibility index (Phi) is 15.7. The first-order chi connectivity index (χ1) is 19.3. The number of rotatable bonds is 5. The minimum atomic E-state index is -1.65. The van der Waals surface area contributed by atoms with Gasteiger partial charge in [-0.3, -0.25) is 24.7 Å². The Balaban J connectivity index is 0.000000282. The monoisotopic (exact) mass is 731 g/mol. The van der Waals surface area contributed by atoms with Crippen molar-refractivity contribution in [3.05, 3.63) is 115 Å². The van der Waals surface area contributed by atoms with Crippen molar-refractivity contribution in [1.29, 1.82) is 0 Å². The van der Waals surface area contributed by atoms with Crippen LogP contribution in [0.5, 0.6) is 0 Å². The summed E-state index contributed by atoms with van der Waals surface area (Å²) in [7, 11) is 3.38. The molecule has 0 saturated carbocycles. The third-order valence-corrected chi connectivity index (χ3v) is 4.43. The van der Waals surface area contributed by atoms with Crippen LogP contribution >= 0.6 is 0 Å². The molecule has 5 aromatic rings. The number of hydrogen-bond donors (Lipinski definition) is 1. The summed E-state index contributed by atoms with van der Waals surface area (Å²) in [6.45, 7) is 0. The zero-order chi connectivity index (χ0) is 29.2. The fourth-order valence-corrected chi connectivity index (χ4v) is 2.66. The van der Waals surface area contributed by atoms with E-state index in [1.165, 1.54) is 4.90 Å². The molecule has 0 unspecified atom stereocenters. The zero-order valence-corrected chi connectivity index (χ0v) is 24.5. The Morgan fingerprint density at radius 2 is 1.00 bits per heavy atom. The number of aromatic carboxylic acids is 2. The van der Waals surface area contributed by atoms with Gasteiger partial charge in [-0.05, 0) is 48.5 Å². The summed E-state index contributed by atoms with van der Waals surface area (Å²) in [4.78, 5) is 53.1. The fourth-order valence-electron chi connectivity index (χ4n) is 2.66. The van der Waals surface area contributed by atoms with Gasteiger partial charge in [0.1, 0.15) is 5.69 Å². The first-order valence-corrected chi connectivity index (χ1v) is 11.6. The molecule has 210 valence electrons. The number of nitrogens with zero attached hydrogens (tertiary/aromatic N) is 6. The molecule has 0 spiro atoms. The summed E-state index contributed by atoms with van der Waals surface area (Å²) < 4.78 is 0. The summed E-state index contributed by atoms with van der Waals surface area (Å²) >= 11 is 0. The van der Waals surface area contributed by atoms with Gasteiger partial charge in [-0.1, -0.05) is 24.3 Å². The normalized spacial score (nSPS) is 9.02. The van der Waals surface area contributed by atoms with E-state index in [1.54, 1.807) is 38.9 Å². The summed E-state index contributed by atoms with van der Waals surface area (Å²) in [6, 6.07) is 23.2. The number of carboxylic acids is 2. The van der Waals surface area contributed by atoms with E-state index in [1.807, 2.05) is 72.8 Å². The summed E-state index contributed by atoms with van der Waals surface area (Å²) in [5, 5.41) is 20.2. The SMILES string of the molecule is CN(C)C=O.O=C([O-])c1nc[nH]c1C(=O)[O-].[Os+2].c1ccc(-c2ccccn2)nc1.c1ccc(-c2ccccn2)nc1. The molecule has 5 heterocycles. The molecule has 1 amide bonds. The predicted octanol–water partition coefficient (Wildman–Crippen LogP) is 1.13. The minimum absolute atomic E-state index is 0. The average molecular weight is 730 g/mol. The molecule has 0 atom stereocenters. The Labute approximate surface area is 249 Å². The van der Waals surface area contributed by atoms with E-state index in [2.05, 4.69) is 29.9 Å². The number of carboxylic acid groups (broad SMARTS) is 2. The second kappa shape index (κ2) is 19.0. The van der Waals surface area contributed by atoms with Gasteiger partial charge in [0, 0.05) is 38.9 Å². The van der Waals surface area contributed by atoms with Gasteiger partial charge < -0.3 is 29.7 Å². The number of aromatic amines is 1. The van der Waals surface area contributed by atoms with Crippen LogP contribution in [0.25, 0.3) is 22.8 Å². The molecule has 5 rings (SSSR count). The fraction of sp³-hybridized carbons (Fsp3) is 0.0714. The van der Waals surface area contributed by atoms with Crippen LogP contribution in [0.3, 0.4) is 0 Å². The molecule has 0 aliphatic carbocycles. The van der Waals surface area contributed by atoms with Crippen molar-refractivity contribution in [2.24, 2.45) is 0 Å². The van der Waals surface area contributed by atoms with Crippen LogP contribution in [-0.2, 0) is 24.6 Å². The van der Waals surface area contributed by atoms with E-state index in [0.717, 1.165) is 35.5 Å². The molecule has 1 N–H and O–H groups in total. The van der Waals surface area contributed by atoms with E-state index >= 15 is 0 Å². The molecular formula is C28H25N7O5Os. The molecule has 41 heavy (non-hydrogen) atoms. The molecule has 0 fully saturated rings. The van der Waals surface area contributed by atoms with Crippen LogP contribution < -0.4 is 10.2 Å². The van der Waals surface area contributed by atoms with Crippen LogP contribution in [0.1, 0.15) is 21.0 Å². The number of pyridine rings is 4. The molecule has 0 aliphatic rings. The van der Waals surface area contributed by atoms with E-state index < -0.39 is 23.3 Å². The van der Waals surface area contributed by atoms with Crippen molar-refractivity contribution in [1.82, 2.24) is 34.8 Å². The first kappa shape index (κ1) is 33.9. The van der Waals surface area contributed by atoms with Gasteiger partial charge >= 0.3 is 19.8 Å². The molecule has 12 nitrogen and oxygen atoms in total. The average Bonchev–Trinajstić information content (AvgIpc) is 3.51. The number of carbonyl (C=O) groups is 3. The minimum Gasteiger partial charge on any atom is -0.543 e. The number of H-pyrrole nitrogens is 1. The molecule has 0 radical (unpaired) electrons. The van der Waals surface area contributed by atoms with Gasteiger partial charge in [-0.15, -0.1) is 0 Å². The van der Waals surface area contributed by atoms with Crippen LogP contribution in [0, 0.1) is 0 Å². The maximum Gasteiger partial charge on any atom is 2.00 e. The number of aromatic nitrogens is 6. The second-order valence-corrected chi connectivity index (χ2v) is 7.63. The predicted molar refractivity (Wildman–Crippen MR) is 142 cm³/mol. The van der Waals surface area contributed by atoms with Crippen molar-refractivity contribution in [2.75, 3.05) is 14.1 Å². The Hall–Kier alpha value is -5.14. The van der Waals surface area contributed by atoms with Gasteiger partial charge in [-0.2, -0.15) is 0 Å². The second-order valence-electron chi connectivity index (χ2n) is 7.63. The Morgan fingerprint density at radius 1 is 0.659 bits per heavy atom. The van der Waals surface area contributed by atoms with Crippen molar-refractivity contribution in [2.45, 2.75) is 0 Å². The standard InChI is InChI=1S/2C10H8N2.C5H4N2O4.C3H7NO.Os/c2*1-3-7-11-9(5-1)10-6-2-4-8-12-10;8-4(9)2-3(5(10)11)7-1-6-2;1-4(2)3-5;/h2*1-8H;1H,(H,6,7)(H,8,9)(H,10,11);3H,1-2H3;/q;;;;+2/p-2. The number of hydrogen-bond acceptors (Lipinski definition) is 10. The number of amides is 1. The molecule has 0 aliphatic heterocycles. The molecule has 0 bridgehead atoms. The van der Waals surface area contributed by atoms with Crippen LogP contribution in [-0.4, -0.2) is 67.2 Å². The van der Waals surface area contributed by atoms with Gasteiger partial charge in [-0.25, -0.2) is 4.98 Å². The number of carbonyl (C=O) groups excluding carboxylic acids is 3. The topological polar surface area (TPSA) is 181 Å². The largest absolute Gasteiger partial charge is 2.00 e. The maximum atomic E-state index is 10.1. The van der Waals surface area contributed by atoms with Gasteiger partial charge in [0.15, 0.2) is 0 Å². The first-order valence-electron chi connectivity index (χ1n) is 11.6. The third kappa shape index (κ3) is 12.5. The molecule has 13 heteroatoms. The molecule has 0 saturated heterocycles. The Morgan fingerprint density at radius 3 is 1.20 bits per heavy atom.